The predicted molar refractivity (Wildman–Crippen MR) is 102 cm³/mol. The summed E-state index contributed by atoms with van der Waals surface area (Å²) in [4.78, 5) is 26.8. The lowest BCUT2D eigenvalue weighted by Crippen LogP contribution is -2.52. The van der Waals surface area contributed by atoms with Crippen LogP contribution in [0.2, 0.25) is 0 Å². The molecular weight excluding hydrogens is 314 g/mol. The Kier molecular flexibility index (Phi) is 7.00. The molecule has 0 aliphatic carbocycles. The van der Waals surface area contributed by atoms with Crippen LogP contribution in [0.3, 0.4) is 0 Å². The van der Waals surface area contributed by atoms with Crippen LogP contribution in [0.15, 0.2) is 24.3 Å². The minimum absolute atomic E-state index is 0.0414. The topological polar surface area (TPSA) is 61.4 Å². The molecule has 2 amide bonds. The second-order valence-corrected chi connectivity index (χ2v) is 7.23. The quantitative estimate of drug-likeness (QED) is 0.833. The number of piperidine rings is 1. The second-order valence-electron chi connectivity index (χ2n) is 7.23. The summed E-state index contributed by atoms with van der Waals surface area (Å²) in [5, 5.41) is 6.22. The summed E-state index contributed by atoms with van der Waals surface area (Å²) in [6.07, 6.45) is 3.69. The van der Waals surface area contributed by atoms with Gasteiger partial charge in [-0.3, -0.25) is 9.59 Å². The summed E-state index contributed by atoms with van der Waals surface area (Å²) in [6.45, 7) is 8.76. The molecule has 2 N–H and O–H groups in total. The Morgan fingerprint density at radius 2 is 1.96 bits per heavy atom. The van der Waals surface area contributed by atoms with Crippen LogP contribution in [0.4, 0.5) is 5.69 Å². The average Bonchev–Trinajstić information content (AvgIpc) is 2.56. The van der Waals surface area contributed by atoms with Crippen molar-refractivity contribution in [1.82, 2.24) is 10.2 Å². The third-order valence-electron chi connectivity index (χ3n) is 4.90. The summed E-state index contributed by atoms with van der Waals surface area (Å²) in [5.41, 5.74) is 1.88. The van der Waals surface area contributed by atoms with Gasteiger partial charge in [0.1, 0.15) is 0 Å². The van der Waals surface area contributed by atoms with E-state index in [9.17, 15) is 9.59 Å². The lowest BCUT2D eigenvalue weighted by molar-refractivity contribution is -0.136. The van der Waals surface area contributed by atoms with Crippen LogP contribution in [-0.4, -0.2) is 41.4 Å². The first-order chi connectivity index (χ1) is 11.9. The highest BCUT2D eigenvalue weighted by Crippen LogP contribution is 2.17. The highest BCUT2D eigenvalue weighted by atomic mass is 16.2. The number of carbonyl (C=O) groups excluding carboxylic acids is 2. The Labute approximate surface area is 151 Å². The van der Waals surface area contributed by atoms with E-state index in [1.54, 1.807) is 0 Å². The molecule has 0 saturated carbocycles. The summed E-state index contributed by atoms with van der Waals surface area (Å²) in [7, 11) is 0. The van der Waals surface area contributed by atoms with Crippen molar-refractivity contribution in [2.75, 3.05) is 11.9 Å². The van der Waals surface area contributed by atoms with E-state index >= 15 is 0 Å². The summed E-state index contributed by atoms with van der Waals surface area (Å²) in [5.74, 6) is 0.0960. The van der Waals surface area contributed by atoms with Gasteiger partial charge in [-0.2, -0.15) is 0 Å². The minimum atomic E-state index is -0.276. The Morgan fingerprint density at radius 3 is 2.64 bits per heavy atom. The lowest BCUT2D eigenvalue weighted by atomic mass is 10.0. The van der Waals surface area contributed by atoms with Crippen molar-refractivity contribution in [3.63, 3.8) is 0 Å². The molecule has 25 heavy (non-hydrogen) atoms. The number of likely N-dealkylation sites (tertiary alicyclic amines) is 1. The monoisotopic (exact) mass is 345 g/mol. The molecule has 0 radical (unpaired) electrons. The zero-order valence-electron chi connectivity index (χ0n) is 15.8. The van der Waals surface area contributed by atoms with Crippen LogP contribution < -0.4 is 10.6 Å². The van der Waals surface area contributed by atoms with Crippen molar-refractivity contribution < 1.29 is 9.59 Å². The van der Waals surface area contributed by atoms with Gasteiger partial charge in [-0.25, -0.2) is 0 Å². The van der Waals surface area contributed by atoms with E-state index in [4.69, 9.17) is 0 Å². The maximum Gasteiger partial charge on any atom is 0.239 e. The molecule has 1 aromatic carbocycles. The van der Waals surface area contributed by atoms with E-state index in [1.165, 1.54) is 6.42 Å². The van der Waals surface area contributed by atoms with Gasteiger partial charge < -0.3 is 15.5 Å². The minimum Gasteiger partial charge on any atom is -0.339 e. The molecule has 1 heterocycles. The molecule has 2 rings (SSSR count). The van der Waals surface area contributed by atoms with E-state index in [0.717, 1.165) is 30.6 Å². The number of anilines is 1. The van der Waals surface area contributed by atoms with Crippen molar-refractivity contribution in [3.8, 4) is 0 Å². The maximum absolute atomic E-state index is 12.6. The normalized spacial score (nSPS) is 20.0. The largest absolute Gasteiger partial charge is 0.339 e. The summed E-state index contributed by atoms with van der Waals surface area (Å²) < 4.78 is 0. The lowest BCUT2D eigenvalue weighted by Gasteiger charge is -2.36. The first kappa shape index (κ1) is 19.4. The van der Waals surface area contributed by atoms with Crippen molar-refractivity contribution >= 4 is 17.5 Å². The SMILES string of the molecule is Cc1ccccc1NC(=O)C[C@H](C)N[C@@H](C)C(=O)N1CCCC[C@@H]1C. The van der Waals surface area contributed by atoms with Gasteiger partial charge in [0.25, 0.3) is 0 Å². The van der Waals surface area contributed by atoms with Crippen molar-refractivity contribution in [1.29, 1.82) is 0 Å². The number of rotatable bonds is 6. The molecule has 5 nitrogen and oxygen atoms in total. The highest BCUT2D eigenvalue weighted by molar-refractivity contribution is 5.91. The summed E-state index contributed by atoms with van der Waals surface area (Å²) in [6, 6.07) is 7.69. The molecular formula is C20H31N3O2. The van der Waals surface area contributed by atoms with Gasteiger partial charge in [0.15, 0.2) is 0 Å². The van der Waals surface area contributed by atoms with E-state index in [0.29, 0.717) is 12.5 Å². The molecule has 5 heteroatoms. The number of nitrogens with one attached hydrogen (secondary N) is 2. The van der Waals surface area contributed by atoms with Gasteiger partial charge in [0, 0.05) is 30.7 Å². The molecule has 0 unspecified atom stereocenters. The van der Waals surface area contributed by atoms with Crippen LogP contribution in [0, 0.1) is 6.92 Å². The van der Waals surface area contributed by atoms with E-state index in [1.807, 2.05) is 49.9 Å². The zero-order valence-corrected chi connectivity index (χ0v) is 15.8. The van der Waals surface area contributed by atoms with E-state index in [-0.39, 0.29) is 23.9 Å². The summed E-state index contributed by atoms with van der Waals surface area (Å²) >= 11 is 0. The van der Waals surface area contributed by atoms with Crippen LogP contribution >= 0.6 is 0 Å². The highest BCUT2D eigenvalue weighted by Gasteiger charge is 2.27. The van der Waals surface area contributed by atoms with Crippen LogP contribution in [0.5, 0.6) is 0 Å². The third-order valence-corrected chi connectivity index (χ3v) is 4.90. The van der Waals surface area contributed by atoms with Crippen molar-refractivity contribution in [2.24, 2.45) is 0 Å². The number of hydrogen-bond donors (Lipinski definition) is 2. The number of benzene rings is 1. The van der Waals surface area contributed by atoms with Crippen LogP contribution in [0.25, 0.3) is 0 Å². The van der Waals surface area contributed by atoms with Crippen molar-refractivity contribution in [2.45, 2.75) is 71.5 Å². The van der Waals surface area contributed by atoms with E-state index < -0.39 is 0 Å². The Hall–Kier alpha value is -1.88. The number of amides is 2. The number of hydrogen-bond acceptors (Lipinski definition) is 3. The molecule has 1 saturated heterocycles. The zero-order chi connectivity index (χ0) is 18.4. The van der Waals surface area contributed by atoms with Crippen LogP contribution in [-0.2, 0) is 9.59 Å². The average molecular weight is 345 g/mol. The maximum atomic E-state index is 12.6. The van der Waals surface area contributed by atoms with Gasteiger partial charge in [-0.1, -0.05) is 18.2 Å². The fourth-order valence-electron chi connectivity index (χ4n) is 3.42. The smallest absolute Gasteiger partial charge is 0.239 e. The molecule has 138 valence electrons. The van der Waals surface area contributed by atoms with E-state index in [2.05, 4.69) is 17.6 Å². The standard InChI is InChI=1S/C20H31N3O2/c1-14-9-5-6-11-18(14)22-19(24)13-15(2)21-17(4)20(25)23-12-8-7-10-16(23)3/h5-6,9,11,15-17,21H,7-8,10,12-13H2,1-4H3,(H,22,24)/t15-,16-,17-/m0/s1. The Bertz CT molecular complexity index is 602. The second kappa shape index (κ2) is 8.99. The number of aryl methyl sites for hydroxylation is 1. The fourth-order valence-corrected chi connectivity index (χ4v) is 3.42. The molecule has 0 aromatic heterocycles. The van der Waals surface area contributed by atoms with Crippen molar-refractivity contribution in [3.05, 3.63) is 29.8 Å². The molecule has 0 spiro atoms. The molecule has 3 atom stereocenters. The van der Waals surface area contributed by atoms with Gasteiger partial charge in [-0.05, 0) is 58.6 Å². The van der Waals surface area contributed by atoms with Gasteiger partial charge >= 0.3 is 0 Å². The Balaban J connectivity index is 1.82. The fraction of sp³-hybridized carbons (Fsp3) is 0.600. The molecule has 1 aromatic rings. The first-order valence-electron chi connectivity index (χ1n) is 9.30. The number of carbonyl (C=O) groups is 2. The van der Waals surface area contributed by atoms with Crippen LogP contribution in [0.1, 0.15) is 52.0 Å². The predicted octanol–water partition coefficient (Wildman–Crippen LogP) is 3.09. The third kappa shape index (κ3) is 5.56. The molecule has 1 aliphatic rings. The molecule has 0 bridgehead atoms. The molecule has 1 fully saturated rings. The number of para-hydroxylation sites is 1. The van der Waals surface area contributed by atoms with Gasteiger partial charge in [0.2, 0.25) is 11.8 Å². The number of nitrogens with zero attached hydrogens (tertiary/aromatic N) is 1. The van der Waals surface area contributed by atoms with Gasteiger partial charge in [-0.15, -0.1) is 0 Å². The molecule has 1 aliphatic heterocycles. The van der Waals surface area contributed by atoms with Gasteiger partial charge in [0.05, 0.1) is 6.04 Å². The first-order valence-corrected chi connectivity index (χ1v) is 9.30. The Morgan fingerprint density at radius 1 is 1.24 bits per heavy atom.